The fourth-order valence-electron chi connectivity index (χ4n) is 3.62. The maximum absolute atomic E-state index is 12.3. The number of nitrogens with one attached hydrogen (secondary N) is 1. The number of aromatic nitrogens is 2. The number of benzene rings is 1. The van der Waals surface area contributed by atoms with Crippen molar-refractivity contribution in [1.29, 1.82) is 0 Å². The van der Waals surface area contributed by atoms with E-state index >= 15 is 0 Å². The summed E-state index contributed by atoms with van der Waals surface area (Å²) in [5.41, 5.74) is 5.51. The number of hydrogen-bond acceptors (Lipinski definition) is 4. The number of fused-ring (bicyclic) bond motifs is 1. The Hall–Kier alpha value is -3.15. The molecule has 6 heteroatoms. The second-order valence-corrected chi connectivity index (χ2v) is 6.90. The zero-order valence-corrected chi connectivity index (χ0v) is 15.4. The van der Waals surface area contributed by atoms with Crippen LogP contribution in [0.5, 0.6) is 0 Å². The van der Waals surface area contributed by atoms with Gasteiger partial charge >= 0.3 is 0 Å². The Balaban J connectivity index is 1.61. The molecule has 1 unspecified atom stereocenters. The van der Waals surface area contributed by atoms with Crippen molar-refractivity contribution in [2.45, 2.75) is 39.2 Å². The second kappa shape index (κ2) is 6.87. The van der Waals surface area contributed by atoms with Crippen molar-refractivity contribution in [3.8, 4) is 5.69 Å². The van der Waals surface area contributed by atoms with E-state index in [1.54, 1.807) is 12.3 Å². The zero-order chi connectivity index (χ0) is 19.0. The summed E-state index contributed by atoms with van der Waals surface area (Å²) in [4.78, 5) is 24.5. The highest BCUT2D eigenvalue weighted by Gasteiger charge is 2.29. The van der Waals surface area contributed by atoms with E-state index < -0.39 is 11.7 Å². The van der Waals surface area contributed by atoms with Crippen LogP contribution in [0.1, 0.15) is 51.8 Å². The molecular formula is C21H21N3O3. The highest BCUT2D eigenvalue weighted by molar-refractivity contribution is 6.42. The first kappa shape index (κ1) is 17.3. The van der Waals surface area contributed by atoms with Crippen LogP contribution in [-0.4, -0.2) is 21.5 Å². The van der Waals surface area contributed by atoms with Crippen LogP contribution in [0.4, 0.5) is 0 Å². The molecular weight excluding hydrogens is 342 g/mol. The molecule has 1 aliphatic carbocycles. The number of Topliss-reactive ketones (excluding diaryl/α,β-unsaturated/α-hetero) is 1. The van der Waals surface area contributed by atoms with Crippen LogP contribution in [0.15, 0.2) is 47.2 Å². The van der Waals surface area contributed by atoms with Crippen LogP contribution >= 0.6 is 0 Å². The SMILES string of the molecule is Cc1cccc(-n2ncc3c2CCCC3NC(=O)C(=O)c2ccco2)c1C. The Morgan fingerprint density at radius 1 is 1.22 bits per heavy atom. The van der Waals surface area contributed by atoms with E-state index in [0.29, 0.717) is 0 Å². The Morgan fingerprint density at radius 3 is 2.85 bits per heavy atom. The smallest absolute Gasteiger partial charge is 0.296 e. The second-order valence-electron chi connectivity index (χ2n) is 6.90. The van der Waals surface area contributed by atoms with Gasteiger partial charge in [0, 0.05) is 11.3 Å². The molecule has 1 atom stereocenters. The lowest BCUT2D eigenvalue weighted by atomic mass is 9.92. The number of carbonyl (C=O) groups excluding carboxylic acids is 2. The third kappa shape index (κ3) is 3.07. The van der Waals surface area contributed by atoms with Gasteiger partial charge in [-0.25, -0.2) is 4.68 Å². The van der Waals surface area contributed by atoms with Gasteiger partial charge in [-0.15, -0.1) is 0 Å². The maximum Gasteiger partial charge on any atom is 0.296 e. The molecule has 1 N–H and O–H groups in total. The molecule has 1 amide bonds. The highest BCUT2D eigenvalue weighted by atomic mass is 16.3. The van der Waals surface area contributed by atoms with Crippen LogP contribution in [0.3, 0.4) is 0 Å². The number of furan rings is 1. The van der Waals surface area contributed by atoms with Gasteiger partial charge in [-0.1, -0.05) is 12.1 Å². The lowest BCUT2D eigenvalue weighted by Crippen LogP contribution is -2.35. The van der Waals surface area contributed by atoms with Gasteiger partial charge in [-0.3, -0.25) is 9.59 Å². The molecule has 6 nitrogen and oxygen atoms in total. The Morgan fingerprint density at radius 2 is 2.07 bits per heavy atom. The van der Waals surface area contributed by atoms with Gasteiger partial charge in [0.15, 0.2) is 5.76 Å². The largest absolute Gasteiger partial charge is 0.461 e. The standard InChI is InChI=1S/C21H21N3O3/c1-13-6-3-8-17(14(13)2)24-18-9-4-7-16(15(18)12-22-24)23-21(26)20(25)19-10-5-11-27-19/h3,5-6,8,10-12,16H,4,7,9H2,1-2H3,(H,23,26). The molecule has 2 heterocycles. The fraction of sp³-hybridized carbons (Fsp3) is 0.286. The van der Waals surface area contributed by atoms with Crippen LogP contribution in [0, 0.1) is 13.8 Å². The predicted molar refractivity (Wildman–Crippen MR) is 99.9 cm³/mol. The molecule has 138 valence electrons. The molecule has 3 aromatic rings. The summed E-state index contributed by atoms with van der Waals surface area (Å²) in [6.07, 6.45) is 5.78. The van der Waals surface area contributed by atoms with Crippen molar-refractivity contribution in [3.05, 3.63) is 70.9 Å². The van der Waals surface area contributed by atoms with E-state index in [0.717, 1.165) is 36.2 Å². The van der Waals surface area contributed by atoms with E-state index in [4.69, 9.17) is 4.42 Å². The van der Waals surface area contributed by atoms with Crippen LogP contribution < -0.4 is 5.32 Å². The molecule has 1 aliphatic rings. The Kier molecular flexibility index (Phi) is 4.39. The van der Waals surface area contributed by atoms with Crippen LogP contribution in [0.25, 0.3) is 5.69 Å². The third-order valence-electron chi connectivity index (χ3n) is 5.24. The topological polar surface area (TPSA) is 77.1 Å². The molecule has 1 aromatic carbocycles. The van der Waals surface area contributed by atoms with Gasteiger partial charge in [0.2, 0.25) is 0 Å². The first-order valence-corrected chi connectivity index (χ1v) is 9.08. The van der Waals surface area contributed by atoms with Gasteiger partial charge in [0.1, 0.15) is 0 Å². The normalized spacial score (nSPS) is 16.0. The van der Waals surface area contributed by atoms with Gasteiger partial charge < -0.3 is 9.73 Å². The summed E-state index contributed by atoms with van der Waals surface area (Å²) in [7, 11) is 0. The average Bonchev–Trinajstić information content (AvgIpc) is 3.34. The average molecular weight is 363 g/mol. The van der Waals surface area contributed by atoms with Gasteiger partial charge in [-0.2, -0.15) is 5.10 Å². The minimum atomic E-state index is -0.658. The van der Waals surface area contributed by atoms with E-state index in [1.165, 1.54) is 23.5 Å². The summed E-state index contributed by atoms with van der Waals surface area (Å²) in [5, 5.41) is 7.44. The molecule has 2 aromatic heterocycles. The van der Waals surface area contributed by atoms with Gasteiger partial charge in [0.25, 0.3) is 11.7 Å². The zero-order valence-electron chi connectivity index (χ0n) is 15.4. The maximum atomic E-state index is 12.3. The number of amides is 1. The quantitative estimate of drug-likeness (QED) is 0.569. The molecule has 0 radical (unpaired) electrons. The summed E-state index contributed by atoms with van der Waals surface area (Å²) in [5.74, 6) is -1.26. The van der Waals surface area contributed by atoms with E-state index in [9.17, 15) is 9.59 Å². The molecule has 0 saturated heterocycles. The molecule has 0 fully saturated rings. The Bertz CT molecular complexity index is 1000. The van der Waals surface area contributed by atoms with Gasteiger partial charge in [0.05, 0.1) is 24.2 Å². The number of aryl methyl sites for hydroxylation is 1. The van der Waals surface area contributed by atoms with Crippen molar-refractivity contribution in [2.24, 2.45) is 0 Å². The monoisotopic (exact) mass is 363 g/mol. The van der Waals surface area contributed by atoms with Crippen molar-refractivity contribution >= 4 is 11.7 Å². The number of carbonyl (C=O) groups is 2. The first-order valence-electron chi connectivity index (χ1n) is 9.08. The molecule has 0 bridgehead atoms. The van der Waals surface area contributed by atoms with E-state index in [2.05, 4.69) is 36.4 Å². The lowest BCUT2D eigenvalue weighted by Gasteiger charge is -2.24. The lowest BCUT2D eigenvalue weighted by molar-refractivity contribution is -0.117. The number of nitrogens with zero attached hydrogens (tertiary/aromatic N) is 2. The molecule has 27 heavy (non-hydrogen) atoms. The van der Waals surface area contributed by atoms with E-state index in [-0.39, 0.29) is 11.8 Å². The number of ketones is 1. The minimum Gasteiger partial charge on any atom is -0.461 e. The van der Waals surface area contributed by atoms with Gasteiger partial charge in [-0.05, 0) is 62.4 Å². The molecule has 0 saturated carbocycles. The Labute approximate surface area is 157 Å². The molecule has 0 aliphatic heterocycles. The number of hydrogen-bond donors (Lipinski definition) is 1. The molecule has 0 spiro atoms. The minimum absolute atomic E-state index is 0.0506. The highest BCUT2D eigenvalue weighted by Crippen LogP contribution is 2.32. The van der Waals surface area contributed by atoms with Crippen molar-refractivity contribution in [3.63, 3.8) is 0 Å². The summed E-state index contributed by atoms with van der Waals surface area (Å²) >= 11 is 0. The summed E-state index contributed by atoms with van der Waals surface area (Å²) < 4.78 is 7.00. The third-order valence-corrected chi connectivity index (χ3v) is 5.24. The van der Waals surface area contributed by atoms with Crippen LogP contribution in [-0.2, 0) is 11.2 Å². The van der Waals surface area contributed by atoms with Crippen LogP contribution in [0.2, 0.25) is 0 Å². The van der Waals surface area contributed by atoms with Crippen molar-refractivity contribution in [1.82, 2.24) is 15.1 Å². The molecule has 4 rings (SSSR count). The van der Waals surface area contributed by atoms with Crippen molar-refractivity contribution < 1.29 is 14.0 Å². The fourth-order valence-corrected chi connectivity index (χ4v) is 3.62. The summed E-state index contributed by atoms with van der Waals surface area (Å²) in [6, 6.07) is 9.02. The van der Waals surface area contributed by atoms with E-state index in [1.807, 2.05) is 10.7 Å². The number of rotatable bonds is 4. The predicted octanol–water partition coefficient (Wildman–Crippen LogP) is 3.46. The summed E-state index contributed by atoms with van der Waals surface area (Å²) in [6.45, 7) is 4.17. The first-order chi connectivity index (χ1) is 13.1. The van der Waals surface area contributed by atoms with Crippen molar-refractivity contribution in [2.75, 3.05) is 0 Å².